The lowest BCUT2D eigenvalue weighted by molar-refractivity contribution is 0.102. The largest absolute Gasteiger partial charge is 0.322 e. The summed E-state index contributed by atoms with van der Waals surface area (Å²) in [5, 5.41) is 3.34. The molecule has 0 aromatic heterocycles. The molecule has 1 amide bonds. The average molecular weight is 395 g/mol. The Labute approximate surface area is 160 Å². The Morgan fingerprint density at radius 1 is 1.12 bits per heavy atom. The Morgan fingerprint density at radius 2 is 1.77 bits per heavy atom. The van der Waals surface area contributed by atoms with Crippen molar-refractivity contribution in [1.82, 2.24) is 4.31 Å². The molecular formula is C19H23ClN2O3S. The van der Waals surface area contributed by atoms with Crippen LogP contribution >= 0.6 is 11.6 Å². The van der Waals surface area contributed by atoms with Gasteiger partial charge < -0.3 is 5.32 Å². The molecule has 0 radical (unpaired) electrons. The minimum absolute atomic E-state index is 0.150. The summed E-state index contributed by atoms with van der Waals surface area (Å²) in [6.45, 7) is 7.85. The maximum atomic E-state index is 12.8. The van der Waals surface area contributed by atoms with Gasteiger partial charge in [0.15, 0.2) is 0 Å². The van der Waals surface area contributed by atoms with Crippen molar-refractivity contribution in [2.24, 2.45) is 0 Å². The number of halogens is 1. The zero-order valence-electron chi connectivity index (χ0n) is 15.3. The fraction of sp³-hybridized carbons (Fsp3) is 0.316. The lowest BCUT2D eigenvalue weighted by Gasteiger charge is -2.20. The van der Waals surface area contributed by atoms with Gasteiger partial charge in [-0.25, -0.2) is 8.42 Å². The highest BCUT2D eigenvalue weighted by atomic mass is 35.5. The Morgan fingerprint density at radius 3 is 2.38 bits per heavy atom. The molecule has 26 heavy (non-hydrogen) atoms. The molecule has 0 saturated heterocycles. The molecule has 2 rings (SSSR count). The number of benzene rings is 2. The molecule has 2 aromatic carbocycles. The summed E-state index contributed by atoms with van der Waals surface area (Å²) in [5.74, 6) is -0.383. The highest BCUT2D eigenvalue weighted by molar-refractivity contribution is 7.89. The normalized spacial score (nSPS) is 11.6. The number of hydrogen-bond acceptors (Lipinski definition) is 3. The molecule has 0 aliphatic carbocycles. The van der Waals surface area contributed by atoms with E-state index in [1.54, 1.807) is 51.1 Å². The zero-order valence-corrected chi connectivity index (χ0v) is 16.9. The molecule has 5 nitrogen and oxygen atoms in total. The molecule has 0 spiro atoms. The third-order valence-electron chi connectivity index (χ3n) is 4.29. The van der Waals surface area contributed by atoms with Crippen molar-refractivity contribution in [1.29, 1.82) is 0 Å². The predicted octanol–water partition coefficient (Wildman–Crippen LogP) is 4.24. The van der Waals surface area contributed by atoms with Crippen LogP contribution in [0.2, 0.25) is 5.02 Å². The molecule has 1 N–H and O–H groups in total. The average Bonchev–Trinajstić information content (AvgIpc) is 2.60. The Balaban J connectivity index is 2.40. The number of anilines is 1. The molecule has 140 valence electrons. The predicted molar refractivity (Wildman–Crippen MR) is 105 cm³/mol. The van der Waals surface area contributed by atoms with E-state index in [0.29, 0.717) is 29.4 Å². The van der Waals surface area contributed by atoms with Crippen molar-refractivity contribution in [2.45, 2.75) is 32.6 Å². The fourth-order valence-electron chi connectivity index (χ4n) is 2.66. The van der Waals surface area contributed by atoms with Crippen LogP contribution in [0.25, 0.3) is 0 Å². The van der Waals surface area contributed by atoms with Crippen LogP contribution in [0.3, 0.4) is 0 Å². The molecular weight excluding hydrogens is 372 g/mol. The summed E-state index contributed by atoms with van der Waals surface area (Å²) in [5.41, 5.74) is 2.23. The van der Waals surface area contributed by atoms with Crippen molar-refractivity contribution < 1.29 is 13.2 Å². The van der Waals surface area contributed by atoms with E-state index in [4.69, 9.17) is 11.6 Å². The molecule has 7 heteroatoms. The third kappa shape index (κ3) is 4.09. The minimum Gasteiger partial charge on any atom is -0.322 e. The summed E-state index contributed by atoms with van der Waals surface area (Å²) in [7, 11) is -3.64. The quantitative estimate of drug-likeness (QED) is 0.796. The maximum Gasteiger partial charge on any atom is 0.255 e. The second-order valence-electron chi connectivity index (χ2n) is 5.94. The molecule has 0 aliphatic heterocycles. The summed E-state index contributed by atoms with van der Waals surface area (Å²) in [6.07, 6.45) is 0. The van der Waals surface area contributed by atoms with Gasteiger partial charge in [-0.2, -0.15) is 4.31 Å². The summed E-state index contributed by atoms with van der Waals surface area (Å²) in [6, 6.07) is 9.94. The number of sulfonamides is 1. The van der Waals surface area contributed by atoms with E-state index in [1.807, 2.05) is 6.92 Å². The van der Waals surface area contributed by atoms with E-state index < -0.39 is 10.0 Å². The van der Waals surface area contributed by atoms with Gasteiger partial charge in [-0.15, -0.1) is 0 Å². The van der Waals surface area contributed by atoms with E-state index in [2.05, 4.69) is 5.32 Å². The molecule has 2 aromatic rings. The van der Waals surface area contributed by atoms with Crippen molar-refractivity contribution in [3.05, 3.63) is 58.1 Å². The Bertz CT molecular complexity index is 922. The molecule has 0 atom stereocenters. The topological polar surface area (TPSA) is 66.5 Å². The van der Waals surface area contributed by atoms with Gasteiger partial charge in [-0.1, -0.05) is 37.6 Å². The first kappa shape index (κ1) is 20.4. The van der Waals surface area contributed by atoms with E-state index in [0.717, 1.165) is 5.56 Å². The molecule has 0 aliphatic rings. The maximum absolute atomic E-state index is 12.8. The van der Waals surface area contributed by atoms with Gasteiger partial charge in [0.1, 0.15) is 0 Å². The standard InChI is InChI=1S/C19H23ClN2O3S/c1-5-22(6-2)26(24,25)18-12-15(11-10-13(18)3)19(23)21-17-9-7-8-16(20)14(17)4/h7-12H,5-6H2,1-4H3,(H,21,23). The van der Waals surface area contributed by atoms with Crippen LogP contribution in [0.5, 0.6) is 0 Å². The van der Waals surface area contributed by atoms with Crippen LogP contribution in [0, 0.1) is 13.8 Å². The number of hydrogen-bond donors (Lipinski definition) is 1. The van der Waals surface area contributed by atoms with Gasteiger partial charge in [0.25, 0.3) is 5.91 Å². The highest BCUT2D eigenvalue weighted by Crippen LogP contribution is 2.25. The number of nitrogens with one attached hydrogen (secondary N) is 1. The number of amides is 1. The van der Waals surface area contributed by atoms with Gasteiger partial charge >= 0.3 is 0 Å². The Hall–Kier alpha value is -1.89. The smallest absolute Gasteiger partial charge is 0.255 e. The second-order valence-corrected chi connectivity index (χ2v) is 8.25. The van der Waals surface area contributed by atoms with Crippen LogP contribution in [0.4, 0.5) is 5.69 Å². The van der Waals surface area contributed by atoms with Gasteiger partial charge in [0, 0.05) is 29.4 Å². The summed E-state index contributed by atoms with van der Waals surface area (Å²) < 4.78 is 27.0. The lowest BCUT2D eigenvalue weighted by Crippen LogP contribution is -2.31. The number of carbonyl (C=O) groups excluding carboxylic acids is 1. The molecule has 0 bridgehead atoms. The van der Waals surface area contributed by atoms with Crippen LogP contribution < -0.4 is 5.32 Å². The first-order chi connectivity index (χ1) is 12.2. The number of nitrogens with zero attached hydrogens (tertiary/aromatic N) is 1. The summed E-state index contributed by atoms with van der Waals surface area (Å²) in [4.78, 5) is 12.8. The molecule has 0 unspecified atom stereocenters. The first-order valence-electron chi connectivity index (χ1n) is 8.39. The fourth-order valence-corrected chi connectivity index (χ4v) is 4.54. The zero-order chi connectivity index (χ0) is 19.5. The van der Waals surface area contributed by atoms with Crippen molar-refractivity contribution in [3.8, 4) is 0 Å². The molecule has 0 fully saturated rings. The van der Waals surface area contributed by atoms with E-state index in [1.165, 1.54) is 10.4 Å². The van der Waals surface area contributed by atoms with Crippen LogP contribution in [0.15, 0.2) is 41.3 Å². The highest BCUT2D eigenvalue weighted by Gasteiger charge is 2.24. The van der Waals surface area contributed by atoms with Crippen molar-refractivity contribution in [2.75, 3.05) is 18.4 Å². The lowest BCUT2D eigenvalue weighted by atomic mass is 10.1. The molecule has 0 heterocycles. The van der Waals surface area contributed by atoms with Crippen molar-refractivity contribution >= 4 is 33.2 Å². The van der Waals surface area contributed by atoms with Crippen LogP contribution in [-0.2, 0) is 10.0 Å². The summed E-state index contributed by atoms with van der Waals surface area (Å²) >= 11 is 6.08. The van der Waals surface area contributed by atoms with Crippen LogP contribution in [0.1, 0.15) is 35.3 Å². The van der Waals surface area contributed by atoms with E-state index in [9.17, 15) is 13.2 Å². The minimum atomic E-state index is -3.64. The van der Waals surface area contributed by atoms with Gasteiger partial charge in [0.05, 0.1) is 4.90 Å². The van der Waals surface area contributed by atoms with E-state index >= 15 is 0 Å². The van der Waals surface area contributed by atoms with Crippen LogP contribution in [-0.4, -0.2) is 31.7 Å². The van der Waals surface area contributed by atoms with E-state index in [-0.39, 0.29) is 16.4 Å². The number of rotatable bonds is 6. The molecule has 0 saturated carbocycles. The van der Waals surface area contributed by atoms with Gasteiger partial charge in [0.2, 0.25) is 10.0 Å². The first-order valence-corrected chi connectivity index (χ1v) is 10.2. The van der Waals surface area contributed by atoms with Gasteiger partial charge in [-0.3, -0.25) is 4.79 Å². The Kier molecular flexibility index (Phi) is 6.44. The van der Waals surface area contributed by atoms with Crippen molar-refractivity contribution in [3.63, 3.8) is 0 Å². The third-order valence-corrected chi connectivity index (χ3v) is 6.89. The second kappa shape index (κ2) is 8.20. The monoisotopic (exact) mass is 394 g/mol. The number of carbonyl (C=O) groups is 1. The number of aryl methyl sites for hydroxylation is 1. The van der Waals surface area contributed by atoms with Gasteiger partial charge in [-0.05, 0) is 49.2 Å². The SMILES string of the molecule is CCN(CC)S(=O)(=O)c1cc(C(=O)Nc2cccc(Cl)c2C)ccc1C.